The summed E-state index contributed by atoms with van der Waals surface area (Å²) in [6, 6.07) is 12.7. The van der Waals surface area contributed by atoms with Crippen molar-refractivity contribution in [3.8, 4) is 23.0 Å². The number of nitrogens with zero attached hydrogens (tertiary/aromatic N) is 2. The van der Waals surface area contributed by atoms with E-state index in [9.17, 15) is 4.79 Å². The van der Waals surface area contributed by atoms with E-state index in [4.69, 9.17) is 18.6 Å². The van der Waals surface area contributed by atoms with Crippen LogP contribution in [-0.4, -0.2) is 30.4 Å². The third-order valence-electron chi connectivity index (χ3n) is 3.99. The SMILES string of the molecule is COc1cccc(C(=O)O[C@H](C)c2nnc(-c3ccc(C)cc3)o2)c1OC. The van der Waals surface area contributed by atoms with E-state index in [0.29, 0.717) is 17.4 Å². The van der Waals surface area contributed by atoms with E-state index < -0.39 is 12.1 Å². The van der Waals surface area contributed by atoms with Gasteiger partial charge < -0.3 is 18.6 Å². The Labute approximate surface area is 156 Å². The largest absolute Gasteiger partial charge is 0.493 e. The van der Waals surface area contributed by atoms with Gasteiger partial charge in [0.1, 0.15) is 5.56 Å². The summed E-state index contributed by atoms with van der Waals surface area (Å²) in [4.78, 5) is 12.5. The second kappa shape index (κ2) is 7.90. The molecule has 7 nitrogen and oxygen atoms in total. The summed E-state index contributed by atoms with van der Waals surface area (Å²) in [7, 11) is 2.96. The molecule has 0 spiro atoms. The van der Waals surface area contributed by atoms with Gasteiger partial charge in [-0.05, 0) is 38.1 Å². The highest BCUT2D eigenvalue weighted by Gasteiger charge is 2.23. The Morgan fingerprint density at radius 3 is 2.44 bits per heavy atom. The van der Waals surface area contributed by atoms with Crippen LogP contribution in [0.25, 0.3) is 11.5 Å². The maximum Gasteiger partial charge on any atom is 0.342 e. The summed E-state index contributed by atoms with van der Waals surface area (Å²) in [5.41, 5.74) is 2.18. The molecule has 3 aromatic rings. The van der Waals surface area contributed by atoms with Gasteiger partial charge in [0.05, 0.1) is 14.2 Å². The van der Waals surface area contributed by atoms with E-state index in [-0.39, 0.29) is 11.5 Å². The molecule has 0 aliphatic heterocycles. The fourth-order valence-electron chi connectivity index (χ4n) is 2.53. The van der Waals surface area contributed by atoms with E-state index in [1.54, 1.807) is 25.1 Å². The highest BCUT2D eigenvalue weighted by molar-refractivity contribution is 5.93. The molecule has 27 heavy (non-hydrogen) atoms. The maximum absolute atomic E-state index is 12.5. The zero-order valence-electron chi connectivity index (χ0n) is 15.6. The first-order valence-electron chi connectivity index (χ1n) is 8.36. The number of ether oxygens (including phenoxy) is 3. The topological polar surface area (TPSA) is 83.7 Å². The molecule has 0 saturated carbocycles. The first kappa shape index (κ1) is 18.4. The van der Waals surface area contributed by atoms with Crippen LogP contribution in [0.3, 0.4) is 0 Å². The Balaban J connectivity index is 1.77. The predicted octanol–water partition coefficient (Wildman–Crippen LogP) is 3.98. The third-order valence-corrected chi connectivity index (χ3v) is 3.99. The molecule has 0 aliphatic carbocycles. The van der Waals surface area contributed by atoms with Crippen molar-refractivity contribution in [1.29, 1.82) is 0 Å². The minimum absolute atomic E-state index is 0.209. The van der Waals surface area contributed by atoms with Gasteiger partial charge in [0, 0.05) is 5.56 Å². The molecule has 3 rings (SSSR count). The van der Waals surface area contributed by atoms with Crippen LogP contribution in [0.1, 0.15) is 34.8 Å². The number of para-hydroxylation sites is 1. The lowest BCUT2D eigenvalue weighted by Gasteiger charge is -2.13. The summed E-state index contributed by atoms with van der Waals surface area (Å²) in [5.74, 6) is 0.753. The molecule has 1 atom stereocenters. The molecule has 0 N–H and O–H groups in total. The van der Waals surface area contributed by atoms with Gasteiger partial charge in [0.2, 0.25) is 5.89 Å². The number of methoxy groups -OCH3 is 2. The molecule has 1 aromatic heterocycles. The van der Waals surface area contributed by atoms with E-state index >= 15 is 0 Å². The lowest BCUT2D eigenvalue weighted by Crippen LogP contribution is -2.11. The van der Waals surface area contributed by atoms with Crippen LogP contribution in [0.4, 0.5) is 0 Å². The summed E-state index contributed by atoms with van der Waals surface area (Å²) < 4.78 is 21.6. The Hall–Kier alpha value is -3.35. The maximum atomic E-state index is 12.5. The van der Waals surface area contributed by atoms with Crippen LogP contribution in [0.2, 0.25) is 0 Å². The molecule has 0 bridgehead atoms. The molecule has 0 aliphatic rings. The van der Waals surface area contributed by atoms with Gasteiger partial charge in [-0.3, -0.25) is 0 Å². The van der Waals surface area contributed by atoms with Crippen LogP contribution in [0.5, 0.6) is 11.5 Å². The summed E-state index contributed by atoms with van der Waals surface area (Å²) in [6.07, 6.45) is -0.722. The van der Waals surface area contributed by atoms with Crippen molar-refractivity contribution in [3.05, 3.63) is 59.5 Å². The second-order valence-corrected chi connectivity index (χ2v) is 5.90. The van der Waals surface area contributed by atoms with Crippen LogP contribution in [-0.2, 0) is 4.74 Å². The predicted molar refractivity (Wildman–Crippen MR) is 97.8 cm³/mol. The van der Waals surface area contributed by atoms with Crippen molar-refractivity contribution in [2.45, 2.75) is 20.0 Å². The van der Waals surface area contributed by atoms with Crippen molar-refractivity contribution in [2.75, 3.05) is 14.2 Å². The number of rotatable bonds is 6. The molecule has 1 heterocycles. The molecular weight excluding hydrogens is 348 g/mol. The van der Waals surface area contributed by atoms with Gasteiger partial charge in [0.15, 0.2) is 17.6 Å². The normalized spacial score (nSPS) is 11.7. The number of aromatic nitrogens is 2. The Morgan fingerprint density at radius 1 is 1.04 bits per heavy atom. The van der Waals surface area contributed by atoms with Gasteiger partial charge in [-0.15, -0.1) is 10.2 Å². The molecule has 0 amide bonds. The highest BCUT2D eigenvalue weighted by Crippen LogP contribution is 2.32. The van der Waals surface area contributed by atoms with Crippen LogP contribution in [0.15, 0.2) is 46.9 Å². The highest BCUT2D eigenvalue weighted by atomic mass is 16.6. The van der Waals surface area contributed by atoms with E-state index in [2.05, 4.69) is 10.2 Å². The van der Waals surface area contributed by atoms with E-state index in [1.165, 1.54) is 14.2 Å². The monoisotopic (exact) mass is 368 g/mol. The summed E-state index contributed by atoms with van der Waals surface area (Å²) in [5, 5.41) is 8.01. The molecule has 0 fully saturated rings. The van der Waals surface area contributed by atoms with Crippen LogP contribution in [0, 0.1) is 6.92 Å². The second-order valence-electron chi connectivity index (χ2n) is 5.90. The number of esters is 1. The number of benzene rings is 2. The molecular formula is C20H20N2O5. The van der Waals surface area contributed by atoms with Crippen LogP contribution < -0.4 is 9.47 Å². The molecule has 2 aromatic carbocycles. The quantitative estimate of drug-likeness (QED) is 0.609. The van der Waals surface area contributed by atoms with Gasteiger partial charge in [-0.25, -0.2) is 4.79 Å². The van der Waals surface area contributed by atoms with Crippen molar-refractivity contribution in [3.63, 3.8) is 0 Å². The third kappa shape index (κ3) is 3.92. The number of hydrogen-bond acceptors (Lipinski definition) is 7. The standard InChI is InChI=1S/C20H20N2O5/c1-12-8-10-14(11-9-12)19-22-21-18(27-19)13(2)26-20(23)15-6-5-7-16(24-3)17(15)25-4/h5-11,13H,1-4H3/t13-/m1/s1. The average molecular weight is 368 g/mol. The molecule has 0 unspecified atom stereocenters. The van der Waals surface area contributed by atoms with E-state index in [1.807, 2.05) is 31.2 Å². The van der Waals surface area contributed by atoms with Crippen molar-refractivity contribution in [2.24, 2.45) is 0 Å². The first-order chi connectivity index (χ1) is 13.0. The molecule has 0 saturated heterocycles. The Morgan fingerprint density at radius 2 is 1.78 bits per heavy atom. The van der Waals surface area contributed by atoms with Crippen LogP contribution >= 0.6 is 0 Å². The fraction of sp³-hybridized carbons (Fsp3) is 0.250. The van der Waals surface area contributed by atoms with Crippen molar-refractivity contribution >= 4 is 5.97 Å². The summed E-state index contributed by atoms with van der Waals surface area (Å²) in [6.45, 7) is 3.66. The fourth-order valence-corrected chi connectivity index (χ4v) is 2.53. The Kier molecular flexibility index (Phi) is 5.40. The zero-order chi connectivity index (χ0) is 19.4. The smallest absolute Gasteiger partial charge is 0.342 e. The number of carbonyl (C=O) groups excluding carboxylic acids is 1. The number of aryl methyl sites for hydroxylation is 1. The van der Waals surface area contributed by atoms with Gasteiger partial charge in [-0.1, -0.05) is 23.8 Å². The van der Waals surface area contributed by atoms with Crippen molar-refractivity contribution in [1.82, 2.24) is 10.2 Å². The van der Waals surface area contributed by atoms with Gasteiger partial charge >= 0.3 is 5.97 Å². The van der Waals surface area contributed by atoms with Crippen molar-refractivity contribution < 1.29 is 23.4 Å². The van der Waals surface area contributed by atoms with Gasteiger partial charge in [0.25, 0.3) is 5.89 Å². The minimum atomic E-state index is -0.722. The Bertz CT molecular complexity index is 934. The summed E-state index contributed by atoms with van der Waals surface area (Å²) >= 11 is 0. The van der Waals surface area contributed by atoms with E-state index in [0.717, 1.165) is 11.1 Å². The number of carbonyl (C=O) groups is 1. The lowest BCUT2D eigenvalue weighted by atomic mass is 10.1. The molecule has 7 heteroatoms. The zero-order valence-corrected chi connectivity index (χ0v) is 15.6. The minimum Gasteiger partial charge on any atom is -0.493 e. The first-order valence-corrected chi connectivity index (χ1v) is 8.36. The lowest BCUT2D eigenvalue weighted by molar-refractivity contribution is 0.0276. The molecule has 0 radical (unpaired) electrons. The average Bonchev–Trinajstić information content (AvgIpc) is 3.18. The molecule has 140 valence electrons. The van der Waals surface area contributed by atoms with Gasteiger partial charge in [-0.2, -0.15) is 0 Å². The number of hydrogen-bond donors (Lipinski definition) is 0.